The van der Waals surface area contributed by atoms with E-state index in [1.807, 2.05) is 25.1 Å². The van der Waals surface area contributed by atoms with Gasteiger partial charge in [0.15, 0.2) is 11.4 Å². The Labute approximate surface area is 434 Å². The number of aromatic hydroxyl groups is 2. The Morgan fingerprint density at radius 2 is 1.57 bits per heavy atom. The molecule has 5 N–H and O–H groups in total. The summed E-state index contributed by atoms with van der Waals surface area (Å²) in [4.78, 5) is 60.0. The molecule has 3 aromatic carbocycles. The monoisotopic (exact) mass is 1020 g/mol. The first-order chi connectivity index (χ1) is 35.1. The molecule has 2 saturated heterocycles. The Hall–Kier alpha value is -6.01. The summed E-state index contributed by atoms with van der Waals surface area (Å²) in [5.41, 5.74) is 0.501. The summed E-state index contributed by atoms with van der Waals surface area (Å²) < 4.78 is 25.1. The van der Waals surface area contributed by atoms with Gasteiger partial charge in [0.05, 0.1) is 40.9 Å². The van der Waals surface area contributed by atoms with Gasteiger partial charge < -0.3 is 59.4 Å². The number of rotatable bonds is 6. The molecule has 6 heterocycles. The summed E-state index contributed by atoms with van der Waals surface area (Å²) >= 11 is 0. The van der Waals surface area contributed by atoms with Crippen molar-refractivity contribution in [1.29, 1.82) is 0 Å². The maximum atomic E-state index is 15.0. The largest absolute Gasteiger partial charge is 0.507 e. The molecule has 0 saturated carbocycles. The molecule has 17 heteroatoms. The molecule has 400 valence electrons. The van der Waals surface area contributed by atoms with Gasteiger partial charge in [-0.25, -0.2) is 4.79 Å². The van der Waals surface area contributed by atoms with Crippen molar-refractivity contribution >= 4 is 39.9 Å². The number of fused-ring (bicyclic) bond motifs is 13. The van der Waals surface area contributed by atoms with Gasteiger partial charge in [-0.15, -0.1) is 0 Å². The number of phenolic OH excluding ortho intramolecular Hbond substituents is 2. The van der Waals surface area contributed by atoms with Gasteiger partial charge in [0.2, 0.25) is 0 Å². The molecule has 2 amide bonds. The molecule has 6 aliphatic heterocycles. The number of ketones is 1. The zero-order valence-electron chi connectivity index (χ0n) is 44.8. The number of nitrogens with one attached hydrogen (secondary N) is 1. The van der Waals surface area contributed by atoms with Crippen molar-refractivity contribution in [3.05, 3.63) is 88.3 Å². The zero-order chi connectivity index (χ0) is 53.6. The number of carbonyl (C=O) groups excluding carboxylic acids is 3. The van der Waals surface area contributed by atoms with Gasteiger partial charge in [-0.3, -0.25) is 19.6 Å². The number of hydrogen-bond donors (Lipinski definition) is 5. The summed E-state index contributed by atoms with van der Waals surface area (Å²) in [5.74, 6) is -6.11. The third kappa shape index (κ3) is 10.4. The van der Waals surface area contributed by atoms with E-state index in [2.05, 4.69) is 48.1 Å². The number of aliphatic hydroxyl groups excluding tert-OH is 2. The van der Waals surface area contributed by atoms with Gasteiger partial charge in [-0.05, 0) is 50.8 Å². The topological polar surface area (TPSA) is 216 Å². The SMILES string of the molecule is CO[C@H]1/C=C/O[C@@]2(C)Oc3c(C)c(O)c4c(O)c(c5c(c4c3C2=O)=NC2(CCN(CC(C)C)CC2)N=5)NC(=O)/C(C)=C\C=C\C(C)[C@H](O)[C@@H](C)[C@@H](O)[C@@H](C)[C@H](OC(=O)N2CCC(N(C)c3ccccc3)CC2)[C@@H]1C. The van der Waals surface area contributed by atoms with Crippen LogP contribution in [0.3, 0.4) is 0 Å². The molecule has 3 aromatic rings. The number of para-hydroxylation sites is 1. The lowest BCUT2D eigenvalue weighted by Crippen LogP contribution is -2.50. The highest BCUT2D eigenvalue weighted by Gasteiger charge is 2.50. The molecule has 0 radical (unpaired) electrons. The van der Waals surface area contributed by atoms with Crippen LogP contribution in [0.4, 0.5) is 16.2 Å². The number of benzene rings is 3. The third-order valence-electron chi connectivity index (χ3n) is 16.3. The number of Topliss-reactive ketones (excluding diaryl/α,β-unsaturated/α-hetero) is 1. The number of aliphatic hydroxyl groups is 2. The van der Waals surface area contributed by atoms with E-state index in [9.17, 15) is 34.8 Å². The second-order valence-electron chi connectivity index (χ2n) is 21.9. The van der Waals surface area contributed by atoms with Gasteiger partial charge in [0, 0.05) is 119 Å². The lowest BCUT2D eigenvalue weighted by molar-refractivity contribution is -0.112. The van der Waals surface area contributed by atoms with E-state index in [-0.39, 0.29) is 61.4 Å². The first-order valence-electron chi connectivity index (χ1n) is 26.2. The van der Waals surface area contributed by atoms with Crippen molar-refractivity contribution in [3.63, 3.8) is 0 Å². The van der Waals surface area contributed by atoms with Crippen LogP contribution < -0.4 is 25.7 Å². The average molecular weight is 1020 g/mol. The highest BCUT2D eigenvalue weighted by atomic mass is 16.7. The van der Waals surface area contributed by atoms with Crippen LogP contribution in [0.2, 0.25) is 0 Å². The standard InChI is InChI=1S/C57H76N6O11/c1-31(2)30-62-27-23-57(24-28-62)59-44-41-42-49(66)37(8)52-43(41)53(68)56(9,74-52)72-29-22-40(71-11)34(5)51(73-55(70)63-25-20-39(21-26-63)61(10)38-18-13-12-14-19-38)36(7)48(65)35(6)47(64)32(3)16-15-17-33(4)54(69)58-46(50(42)67)45(44)60-57/h12-19,22,29,31-32,34-36,39-40,47-48,51,64-67H,20-21,23-28,30H2,1-11H3,(H,58,69)/b16-15+,29-22+,33-17-/t32?,34-,35-,36-,40+,47+,48-,51-,56+/m1/s1. The Morgan fingerprint density at radius 1 is 0.905 bits per heavy atom. The number of amides is 2. The fourth-order valence-corrected chi connectivity index (χ4v) is 11.5. The molecule has 0 aliphatic carbocycles. The lowest BCUT2D eigenvalue weighted by Gasteiger charge is -2.40. The van der Waals surface area contributed by atoms with Crippen LogP contribution >= 0.6 is 0 Å². The van der Waals surface area contributed by atoms with Crippen molar-refractivity contribution in [2.24, 2.45) is 39.6 Å². The fourth-order valence-electron chi connectivity index (χ4n) is 11.5. The van der Waals surface area contributed by atoms with Gasteiger partial charge in [0.1, 0.15) is 28.6 Å². The Kier molecular flexibility index (Phi) is 15.9. The maximum absolute atomic E-state index is 15.0. The first-order valence-corrected chi connectivity index (χ1v) is 26.2. The number of anilines is 2. The molecule has 0 aromatic heterocycles. The van der Waals surface area contributed by atoms with E-state index >= 15 is 0 Å². The number of allylic oxidation sites excluding steroid dienone is 2. The van der Waals surface area contributed by atoms with Gasteiger partial charge in [-0.1, -0.05) is 78.0 Å². The molecule has 1 unspecified atom stereocenters. The van der Waals surface area contributed by atoms with Crippen LogP contribution in [0, 0.1) is 36.5 Å². The third-order valence-corrected chi connectivity index (χ3v) is 16.3. The van der Waals surface area contributed by atoms with E-state index < -0.39 is 83.1 Å². The molecule has 2 fully saturated rings. The molecular formula is C57H76N6O11. The van der Waals surface area contributed by atoms with E-state index in [0.717, 1.165) is 25.1 Å². The smallest absolute Gasteiger partial charge is 0.410 e. The summed E-state index contributed by atoms with van der Waals surface area (Å²) in [6.45, 7) is 19.3. The van der Waals surface area contributed by atoms with Gasteiger partial charge in [-0.2, -0.15) is 0 Å². The van der Waals surface area contributed by atoms with Crippen LogP contribution in [0.25, 0.3) is 10.8 Å². The van der Waals surface area contributed by atoms with Crippen molar-refractivity contribution in [2.45, 2.75) is 130 Å². The summed E-state index contributed by atoms with van der Waals surface area (Å²) in [6, 6.07) is 10.3. The number of phenols is 2. The molecule has 9 atom stereocenters. The number of piperidine rings is 2. The maximum Gasteiger partial charge on any atom is 0.410 e. The normalized spacial score (nSPS) is 30.5. The minimum atomic E-state index is -1.99. The zero-order valence-corrected chi connectivity index (χ0v) is 44.8. The van der Waals surface area contributed by atoms with Gasteiger partial charge in [0.25, 0.3) is 11.7 Å². The van der Waals surface area contributed by atoms with Crippen LogP contribution in [0.5, 0.6) is 17.2 Å². The highest BCUT2D eigenvalue weighted by molar-refractivity contribution is 6.19. The number of methoxy groups -OCH3 is 1. The van der Waals surface area contributed by atoms with Crippen molar-refractivity contribution in [2.75, 3.05) is 57.1 Å². The summed E-state index contributed by atoms with van der Waals surface area (Å²) in [7, 11) is 3.56. The van der Waals surface area contributed by atoms with E-state index in [1.165, 1.54) is 20.3 Å². The molecule has 17 nitrogen and oxygen atoms in total. The van der Waals surface area contributed by atoms with Crippen LogP contribution in [0.15, 0.2) is 76.5 Å². The van der Waals surface area contributed by atoms with E-state index in [1.54, 1.807) is 63.8 Å². The number of carbonyl (C=O) groups is 3. The predicted octanol–water partition coefficient (Wildman–Crippen LogP) is 6.92. The Balaban J connectivity index is 1.17. The Morgan fingerprint density at radius 3 is 2.22 bits per heavy atom. The molecule has 1 spiro atoms. The molecule has 5 bridgehead atoms. The van der Waals surface area contributed by atoms with Crippen molar-refractivity contribution in [3.8, 4) is 17.2 Å². The second-order valence-corrected chi connectivity index (χ2v) is 21.9. The van der Waals surface area contributed by atoms with E-state index in [4.69, 9.17) is 28.9 Å². The fraction of sp³-hybridized carbons (Fsp3) is 0.561. The average Bonchev–Trinajstić information content (AvgIpc) is 3.89. The summed E-state index contributed by atoms with van der Waals surface area (Å²) in [6.07, 6.45) is 5.85. The predicted molar refractivity (Wildman–Crippen MR) is 282 cm³/mol. The minimum Gasteiger partial charge on any atom is -0.507 e. The van der Waals surface area contributed by atoms with Crippen molar-refractivity contribution < 1.29 is 53.8 Å². The number of hydrogen-bond acceptors (Lipinski definition) is 15. The van der Waals surface area contributed by atoms with Crippen molar-refractivity contribution in [1.82, 2.24) is 9.80 Å². The Bertz CT molecular complexity index is 2840. The summed E-state index contributed by atoms with van der Waals surface area (Å²) in [5, 5.41) is 51.3. The quantitative estimate of drug-likeness (QED) is 0.159. The van der Waals surface area contributed by atoms with E-state index in [0.29, 0.717) is 44.9 Å². The molecular weight excluding hydrogens is 945 g/mol. The number of ether oxygens (including phenoxy) is 4. The van der Waals surface area contributed by atoms with Crippen LogP contribution in [-0.2, 0) is 19.0 Å². The lowest BCUT2D eigenvalue weighted by atomic mass is 9.78. The molecule has 6 aliphatic rings. The van der Waals surface area contributed by atoms with Crippen LogP contribution in [-0.4, -0.2) is 137 Å². The van der Waals surface area contributed by atoms with Crippen LogP contribution in [0.1, 0.15) is 97.0 Å². The van der Waals surface area contributed by atoms with Gasteiger partial charge >= 0.3 is 11.9 Å². The number of likely N-dealkylation sites (tertiary alicyclic amines) is 2. The number of nitrogens with zero attached hydrogens (tertiary/aromatic N) is 5. The second kappa shape index (κ2) is 21.7. The minimum absolute atomic E-state index is 0.0344. The molecule has 74 heavy (non-hydrogen) atoms. The first kappa shape index (κ1) is 54.3. The molecule has 9 rings (SSSR count). The highest BCUT2D eigenvalue weighted by Crippen LogP contribution is 2.50.